The molecule has 0 saturated heterocycles. The highest BCUT2D eigenvalue weighted by atomic mass is 16.5. The van der Waals surface area contributed by atoms with Gasteiger partial charge in [-0.15, -0.1) is 0 Å². The lowest BCUT2D eigenvalue weighted by Gasteiger charge is -1.83. The van der Waals surface area contributed by atoms with Crippen molar-refractivity contribution in [2.24, 2.45) is 5.92 Å². The molecular formula is C8H11NO. The van der Waals surface area contributed by atoms with Gasteiger partial charge in [-0.2, -0.15) is 0 Å². The highest BCUT2D eigenvalue weighted by Crippen LogP contribution is 2.46. The van der Waals surface area contributed by atoms with Crippen LogP contribution >= 0.6 is 0 Å². The molecule has 0 bridgehead atoms. The van der Waals surface area contributed by atoms with E-state index in [0.29, 0.717) is 5.92 Å². The van der Waals surface area contributed by atoms with Gasteiger partial charge in [-0.05, 0) is 19.3 Å². The molecule has 0 spiro atoms. The number of aromatic nitrogens is 1. The number of nitrogens with zero attached hydrogens (tertiary/aromatic N) is 1. The smallest absolute Gasteiger partial charge is 0.140 e. The van der Waals surface area contributed by atoms with E-state index in [9.17, 15) is 0 Å². The van der Waals surface area contributed by atoms with Gasteiger partial charge in [0.05, 0.1) is 5.69 Å². The van der Waals surface area contributed by atoms with Gasteiger partial charge in [0.2, 0.25) is 0 Å². The second-order valence-electron chi connectivity index (χ2n) is 3.19. The van der Waals surface area contributed by atoms with Gasteiger partial charge >= 0.3 is 0 Å². The Morgan fingerprint density at radius 3 is 2.80 bits per heavy atom. The summed E-state index contributed by atoms with van der Waals surface area (Å²) in [6, 6.07) is 2.04. The lowest BCUT2D eigenvalue weighted by atomic mass is 10.2. The first-order valence-electron chi connectivity index (χ1n) is 3.70. The molecule has 1 aromatic rings. The van der Waals surface area contributed by atoms with Crippen molar-refractivity contribution < 1.29 is 4.52 Å². The Morgan fingerprint density at radius 1 is 1.70 bits per heavy atom. The minimum absolute atomic E-state index is 0.668. The number of aryl methyl sites for hydroxylation is 1. The number of hydrogen-bond donors (Lipinski definition) is 0. The summed E-state index contributed by atoms with van der Waals surface area (Å²) in [5.41, 5.74) is 0.995. The third-order valence-electron chi connectivity index (χ3n) is 2.12. The van der Waals surface area contributed by atoms with Crippen LogP contribution in [0.4, 0.5) is 0 Å². The van der Waals surface area contributed by atoms with Crippen molar-refractivity contribution in [1.29, 1.82) is 0 Å². The van der Waals surface area contributed by atoms with Gasteiger partial charge in [-0.25, -0.2) is 0 Å². The normalized spacial score (nSPS) is 30.6. The van der Waals surface area contributed by atoms with E-state index in [0.717, 1.165) is 17.4 Å². The van der Waals surface area contributed by atoms with Gasteiger partial charge in [0.25, 0.3) is 0 Å². The summed E-state index contributed by atoms with van der Waals surface area (Å²) in [6.07, 6.45) is 1.27. The first kappa shape index (κ1) is 5.96. The van der Waals surface area contributed by atoms with Crippen LogP contribution in [0.25, 0.3) is 0 Å². The molecule has 0 unspecified atom stereocenters. The minimum atomic E-state index is 0.668. The van der Waals surface area contributed by atoms with Gasteiger partial charge < -0.3 is 4.52 Å². The predicted molar refractivity (Wildman–Crippen MR) is 37.8 cm³/mol. The molecule has 2 heteroatoms. The molecule has 1 aliphatic carbocycles. The van der Waals surface area contributed by atoms with Gasteiger partial charge in [0.1, 0.15) is 5.76 Å². The van der Waals surface area contributed by atoms with Crippen LogP contribution < -0.4 is 0 Å². The Kier molecular flexibility index (Phi) is 1.10. The molecule has 2 atom stereocenters. The van der Waals surface area contributed by atoms with Crippen molar-refractivity contribution in [3.8, 4) is 0 Å². The highest BCUT2D eigenvalue weighted by Gasteiger charge is 2.37. The SMILES string of the molecule is Cc1cc([C@@H]2C[C@H]2C)on1. The van der Waals surface area contributed by atoms with Crippen molar-refractivity contribution in [1.82, 2.24) is 5.16 Å². The standard InChI is InChI=1S/C8H11NO/c1-5-3-7(5)8-4-6(2)9-10-8/h4-5,7H,3H2,1-2H3/t5-,7-/m1/s1. The molecular weight excluding hydrogens is 126 g/mol. The third kappa shape index (κ3) is 0.838. The summed E-state index contributed by atoms with van der Waals surface area (Å²) in [6.45, 7) is 4.20. The molecule has 0 aromatic carbocycles. The van der Waals surface area contributed by atoms with E-state index in [1.807, 2.05) is 13.0 Å². The average molecular weight is 137 g/mol. The fraction of sp³-hybridized carbons (Fsp3) is 0.625. The van der Waals surface area contributed by atoms with Crippen LogP contribution in [-0.2, 0) is 0 Å². The Hall–Kier alpha value is -0.790. The fourth-order valence-corrected chi connectivity index (χ4v) is 1.28. The lowest BCUT2D eigenvalue weighted by Crippen LogP contribution is -1.73. The second kappa shape index (κ2) is 1.84. The monoisotopic (exact) mass is 137 g/mol. The molecule has 1 aromatic heterocycles. The average Bonchev–Trinajstić information content (AvgIpc) is 2.42. The van der Waals surface area contributed by atoms with Gasteiger partial charge in [-0.1, -0.05) is 12.1 Å². The number of rotatable bonds is 1. The topological polar surface area (TPSA) is 26.0 Å². The lowest BCUT2D eigenvalue weighted by molar-refractivity contribution is 0.377. The molecule has 1 aliphatic rings. The summed E-state index contributed by atoms with van der Waals surface area (Å²) < 4.78 is 5.11. The molecule has 0 amide bonds. The minimum Gasteiger partial charge on any atom is -0.361 e. The molecule has 1 saturated carbocycles. The third-order valence-corrected chi connectivity index (χ3v) is 2.12. The van der Waals surface area contributed by atoms with Crippen molar-refractivity contribution in [2.45, 2.75) is 26.2 Å². The molecule has 2 rings (SSSR count). The van der Waals surface area contributed by atoms with E-state index in [2.05, 4.69) is 12.1 Å². The van der Waals surface area contributed by atoms with Gasteiger partial charge in [-0.3, -0.25) is 0 Å². The van der Waals surface area contributed by atoms with E-state index >= 15 is 0 Å². The molecule has 10 heavy (non-hydrogen) atoms. The summed E-state index contributed by atoms with van der Waals surface area (Å²) >= 11 is 0. The van der Waals surface area contributed by atoms with Crippen LogP contribution in [0.1, 0.15) is 30.7 Å². The van der Waals surface area contributed by atoms with Crippen LogP contribution in [0.5, 0.6) is 0 Å². The number of hydrogen-bond acceptors (Lipinski definition) is 2. The molecule has 0 radical (unpaired) electrons. The Labute approximate surface area is 60.2 Å². The molecule has 0 N–H and O–H groups in total. The zero-order valence-corrected chi connectivity index (χ0v) is 6.29. The van der Waals surface area contributed by atoms with Crippen molar-refractivity contribution in [3.63, 3.8) is 0 Å². The molecule has 2 nitrogen and oxygen atoms in total. The molecule has 1 fully saturated rings. The first-order valence-corrected chi connectivity index (χ1v) is 3.70. The van der Waals surface area contributed by atoms with Crippen LogP contribution in [0.2, 0.25) is 0 Å². The molecule has 54 valence electrons. The summed E-state index contributed by atoms with van der Waals surface area (Å²) in [4.78, 5) is 0. The Morgan fingerprint density at radius 2 is 2.40 bits per heavy atom. The second-order valence-corrected chi connectivity index (χ2v) is 3.19. The quantitative estimate of drug-likeness (QED) is 0.592. The molecule has 1 heterocycles. The largest absolute Gasteiger partial charge is 0.361 e. The van der Waals surface area contributed by atoms with Crippen LogP contribution in [-0.4, -0.2) is 5.16 Å². The first-order chi connectivity index (χ1) is 4.77. The predicted octanol–water partition coefficient (Wildman–Crippen LogP) is 2.11. The Balaban J connectivity index is 2.20. The van der Waals surface area contributed by atoms with E-state index < -0.39 is 0 Å². The van der Waals surface area contributed by atoms with E-state index in [1.165, 1.54) is 6.42 Å². The fourth-order valence-electron chi connectivity index (χ4n) is 1.28. The summed E-state index contributed by atoms with van der Waals surface area (Å²) in [5, 5.41) is 3.84. The maximum atomic E-state index is 5.11. The van der Waals surface area contributed by atoms with Crippen LogP contribution in [0.3, 0.4) is 0 Å². The van der Waals surface area contributed by atoms with Crippen LogP contribution in [0.15, 0.2) is 10.6 Å². The molecule has 0 aliphatic heterocycles. The van der Waals surface area contributed by atoms with Gasteiger partial charge in [0, 0.05) is 12.0 Å². The Bertz CT molecular complexity index is 241. The van der Waals surface area contributed by atoms with Crippen LogP contribution in [0, 0.1) is 12.8 Å². The highest BCUT2D eigenvalue weighted by molar-refractivity contribution is 5.15. The summed E-state index contributed by atoms with van der Waals surface area (Å²) in [5.74, 6) is 2.55. The van der Waals surface area contributed by atoms with E-state index in [4.69, 9.17) is 4.52 Å². The van der Waals surface area contributed by atoms with Crippen molar-refractivity contribution >= 4 is 0 Å². The maximum Gasteiger partial charge on any atom is 0.140 e. The zero-order valence-electron chi connectivity index (χ0n) is 6.29. The maximum absolute atomic E-state index is 5.11. The summed E-state index contributed by atoms with van der Waals surface area (Å²) in [7, 11) is 0. The van der Waals surface area contributed by atoms with Crippen molar-refractivity contribution in [2.75, 3.05) is 0 Å². The van der Waals surface area contributed by atoms with E-state index in [-0.39, 0.29) is 0 Å². The van der Waals surface area contributed by atoms with Gasteiger partial charge in [0.15, 0.2) is 0 Å². The zero-order chi connectivity index (χ0) is 7.14. The van der Waals surface area contributed by atoms with Crippen molar-refractivity contribution in [3.05, 3.63) is 17.5 Å². The van der Waals surface area contributed by atoms with E-state index in [1.54, 1.807) is 0 Å².